The molecule has 1 amide bonds. The molecular weight excluding hydrogens is 277 g/mol. The highest BCUT2D eigenvalue weighted by Gasteiger charge is 2.12. The van der Waals surface area contributed by atoms with Crippen molar-refractivity contribution >= 4 is 17.2 Å². The molecule has 0 radical (unpaired) electrons. The Hall–Kier alpha value is -1.72. The lowest BCUT2D eigenvalue weighted by atomic mass is 10.0. The maximum absolute atomic E-state index is 13.0. The maximum Gasteiger partial charge on any atom is 0.251 e. The smallest absolute Gasteiger partial charge is 0.251 e. The van der Waals surface area contributed by atoms with E-state index in [9.17, 15) is 14.3 Å². The first-order chi connectivity index (χ1) is 9.69. The van der Waals surface area contributed by atoms with Crippen LogP contribution in [0.3, 0.4) is 0 Å². The van der Waals surface area contributed by atoms with Crippen LogP contribution in [0, 0.1) is 11.7 Å². The van der Waals surface area contributed by atoms with E-state index in [1.807, 2.05) is 16.8 Å². The second-order valence-electron chi connectivity index (χ2n) is 4.60. The lowest BCUT2D eigenvalue weighted by Crippen LogP contribution is -2.31. The van der Waals surface area contributed by atoms with Crippen molar-refractivity contribution in [2.45, 2.75) is 6.42 Å². The van der Waals surface area contributed by atoms with Crippen molar-refractivity contribution in [3.63, 3.8) is 0 Å². The molecule has 0 saturated heterocycles. The lowest BCUT2D eigenvalue weighted by molar-refractivity contribution is 0.0939. The Bertz CT molecular complexity index is 557. The van der Waals surface area contributed by atoms with Gasteiger partial charge in [0.15, 0.2) is 0 Å². The Morgan fingerprint density at radius 2 is 2.25 bits per heavy atom. The molecular formula is C15H16FNO2S. The van der Waals surface area contributed by atoms with Crippen LogP contribution in [-0.2, 0) is 6.42 Å². The molecule has 1 unspecified atom stereocenters. The molecule has 3 nitrogen and oxygen atoms in total. The number of carbonyl (C=O) groups is 1. The van der Waals surface area contributed by atoms with Crippen molar-refractivity contribution in [2.75, 3.05) is 13.2 Å². The van der Waals surface area contributed by atoms with Gasteiger partial charge in [-0.2, -0.15) is 11.3 Å². The van der Waals surface area contributed by atoms with Crippen LogP contribution in [0.1, 0.15) is 15.9 Å². The van der Waals surface area contributed by atoms with Gasteiger partial charge in [0.25, 0.3) is 5.91 Å². The van der Waals surface area contributed by atoms with Gasteiger partial charge in [0, 0.05) is 24.6 Å². The van der Waals surface area contributed by atoms with E-state index < -0.39 is 5.82 Å². The molecule has 0 aliphatic heterocycles. The molecule has 2 N–H and O–H groups in total. The quantitative estimate of drug-likeness (QED) is 0.859. The molecule has 1 atom stereocenters. The van der Waals surface area contributed by atoms with Crippen LogP contribution in [0.2, 0.25) is 0 Å². The molecule has 1 aromatic heterocycles. The van der Waals surface area contributed by atoms with Gasteiger partial charge in [0.2, 0.25) is 0 Å². The van der Waals surface area contributed by atoms with Crippen molar-refractivity contribution in [1.29, 1.82) is 0 Å². The van der Waals surface area contributed by atoms with Crippen LogP contribution < -0.4 is 5.32 Å². The molecule has 106 valence electrons. The van der Waals surface area contributed by atoms with Crippen LogP contribution >= 0.6 is 11.3 Å². The van der Waals surface area contributed by atoms with Gasteiger partial charge < -0.3 is 10.4 Å². The zero-order valence-electron chi connectivity index (χ0n) is 10.9. The number of nitrogens with one attached hydrogen (secondary N) is 1. The first kappa shape index (κ1) is 14.7. The monoisotopic (exact) mass is 293 g/mol. The van der Waals surface area contributed by atoms with Gasteiger partial charge in [0.1, 0.15) is 5.82 Å². The highest BCUT2D eigenvalue weighted by atomic mass is 32.1. The van der Waals surface area contributed by atoms with Crippen molar-refractivity contribution in [1.82, 2.24) is 5.32 Å². The van der Waals surface area contributed by atoms with Gasteiger partial charge in [-0.3, -0.25) is 4.79 Å². The molecule has 1 heterocycles. The van der Waals surface area contributed by atoms with E-state index in [1.165, 1.54) is 18.2 Å². The van der Waals surface area contributed by atoms with Crippen molar-refractivity contribution in [3.8, 4) is 0 Å². The fourth-order valence-corrected chi connectivity index (χ4v) is 2.59. The minimum Gasteiger partial charge on any atom is -0.396 e. The van der Waals surface area contributed by atoms with Crippen LogP contribution in [-0.4, -0.2) is 24.2 Å². The van der Waals surface area contributed by atoms with E-state index in [0.29, 0.717) is 13.0 Å². The Morgan fingerprint density at radius 1 is 1.40 bits per heavy atom. The highest BCUT2D eigenvalue weighted by molar-refractivity contribution is 7.07. The van der Waals surface area contributed by atoms with Crippen molar-refractivity contribution < 1.29 is 14.3 Å². The fraction of sp³-hybridized carbons (Fsp3) is 0.267. The number of benzene rings is 1. The molecule has 2 aromatic rings. The van der Waals surface area contributed by atoms with E-state index in [0.717, 1.165) is 5.56 Å². The number of aliphatic hydroxyl groups is 1. The van der Waals surface area contributed by atoms with E-state index in [2.05, 4.69) is 5.32 Å². The second kappa shape index (κ2) is 7.17. The molecule has 0 fully saturated rings. The number of hydrogen-bond acceptors (Lipinski definition) is 3. The summed E-state index contributed by atoms with van der Waals surface area (Å²) in [7, 11) is 0. The normalized spacial score (nSPS) is 12.1. The van der Waals surface area contributed by atoms with E-state index in [-0.39, 0.29) is 24.0 Å². The molecule has 0 bridgehead atoms. The summed E-state index contributed by atoms with van der Waals surface area (Å²) in [6.45, 7) is 0.362. The molecule has 20 heavy (non-hydrogen) atoms. The number of rotatable bonds is 6. The summed E-state index contributed by atoms with van der Waals surface area (Å²) in [6.07, 6.45) is 0.712. The summed E-state index contributed by atoms with van der Waals surface area (Å²) in [6, 6.07) is 7.55. The Balaban J connectivity index is 1.88. The maximum atomic E-state index is 13.0. The third kappa shape index (κ3) is 4.15. The number of hydrogen-bond donors (Lipinski definition) is 2. The van der Waals surface area contributed by atoms with E-state index >= 15 is 0 Å². The highest BCUT2D eigenvalue weighted by Crippen LogP contribution is 2.12. The summed E-state index contributed by atoms with van der Waals surface area (Å²) in [5.74, 6) is -0.801. The second-order valence-corrected chi connectivity index (χ2v) is 5.38. The zero-order valence-corrected chi connectivity index (χ0v) is 11.7. The van der Waals surface area contributed by atoms with Crippen LogP contribution in [0.15, 0.2) is 41.1 Å². The summed E-state index contributed by atoms with van der Waals surface area (Å²) < 4.78 is 13.0. The predicted octanol–water partition coefficient (Wildman–Crippen LogP) is 2.47. The number of thiophene rings is 1. The van der Waals surface area contributed by atoms with Crippen molar-refractivity contribution in [2.24, 2.45) is 5.92 Å². The minimum atomic E-state index is -0.436. The number of halogens is 1. The van der Waals surface area contributed by atoms with Crippen LogP contribution in [0.5, 0.6) is 0 Å². The first-order valence-corrected chi connectivity index (χ1v) is 7.29. The zero-order chi connectivity index (χ0) is 14.4. The molecule has 2 rings (SSSR count). The molecule has 1 aromatic carbocycles. The molecule has 5 heteroatoms. The lowest BCUT2D eigenvalue weighted by Gasteiger charge is -2.14. The molecule has 0 saturated carbocycles. The summed E-state index contributed by atoms with van der Waals surface area (Å²) >= 11 is 1.60. The van der Waals surface area contributed by atoms with Gasteiger partial charge in [-0.15, -0.1) is 0 Å². The summed E-state index contributed by atoms with van der Waals surface area (Å²) in [4.78, 5) is 11.9. The largest absolute Gasteiger partial charge is 0.396 e. The minimum absolute atomic E-state index is 0.000717. The SMILES string of the molecule is O=C(NCC(CO)Cc1ccsc1)c1cccc(F)c1. The Morgan fingerprint density at radius 3 is 2.90 bits per heavy atom. The average molecular weight is 293 g/mol. The number of amides is 1. The van der Waals surface area contributed by atoms with Crippen LogP contribution in [0.25, 0.3) is 0 Å². The van der Waals surface area contributed by atoms with Gasteiger partial charge in [-0.25, -0.2) is 4.39 Å². The third-order valence-electron chi connectivity index (χ3n) is 3.00. The van der Waals surface area contributed by atoms with Gasteiger partial charge in [-0.05, 0) is 47.0 Å². The molecule has 0 aliphatic carbocycles. The standard InChI is InChI=1S/C15H16FNO2S/c16-14-3-1-2-13(7-14)15(19)17-8-12(9-18)6-11-4-5-20-10-11/h1-5,7,10,12,18H,6,8-9H2,(H,17,19). The third-order valence-corrected chi connectivity index (χ3v) is 3.73. The van der Waals surface area contributed by atoms with Crippen molar-refractivity contribution in [3.05, 3.63) is 58.0 Å². The topological polar surface area (TPSA) is 49.3 Å². The molecule has 0 spiro atoms. The van der Waals surface area contributed by atoms with Gasteiger partial charge in [0.05, 0.1) is 0 Å². The Labute approximate surface area is 121 Å². The molecule has 0 aliphatic rings. The predicted molar refractivity (Wildman–Crippen MR) is 77.3 cm³/mol. The Kier molecular flexibility index (Phi) is 5.26. The first-order valence-electron chi connectivity index (χ1n) is 6.34. The van der Waals surface area contributed by atoms with Crippen LogP contribution in [0.4, 0.5) is 4.39 Å². The summed E-state index contributed by atoms with van der Waals surface area (Å²) in [5.41, 5.74) is 1.44. The fourth-order valence-electron chi connectivity index (χ4n) is 1.91. The van der Waals surface area contributed by atoms with Gasteiger partial charge in [-0.1, -0.05) is 6.07 Å². The van der Waals surface area contributed by atoms with Gasteiger partial charge >= 0.3 is 0 Å². The average Bonchev–Trinajstić information content (AvgIpc) is 2.96. The number of carbonyl (C=O) groups excluding carboxylic acids is 1. The number of aliphatic hydroxyl groups excluding tert-OH is 1. The summed E-state index contributed by atoms with van der Waals surface area (Å²) in [5, 5.41) is 16.1. The van der Waals surface area contributed by atoms with E-state index in [4.69, 9.17) is 0 Å². The van der Waals surface area contributed by atoms with E-state index in [1.54, 1.807) is 17.4 Å².